The van der Waals surface area contributed by atoms with E-state index in [0.717, 1.165) is 4.90 Å². The van der Waals surface area contributed by atoms with Crippen molar-refractivity contribution in [3.63, 3.8) is 0 Å². The highest BCUT2D eigenvalue weighted by Gasteiger charge is 2.17. The smallest absolute Gasteiger partial charge is 0.191 e. The van der Waals surface area contributed by atoms with Gasteiger partial charge in [-0.25, -0.2) is 9.29 Å². The fourth-order valence-corrected chi connectivity index (χ4v) is 2.67. The number of rotatable bonds is 2. The minimum atomic E-state index is -0.444. The minimum Gasteiger partial charge on any atom is -0.375 e. The molecule has 0 spiro atoms. The summed E-state index contributed by atoms with van der Waals surface area (Å²) >= 11 is 17.1. The van der Waals surface area contributed by atoms with Crippen molar-refractivity contribution in [2.45, 2.75) is 0 Å². The number of thiocarbonyl (C=S) groups is 1. The van der Waals surface area contributed by atoms with E-state index < -0.39 is 5.82 Å². The number of hydrogen-bond acceptors (Lipinski definition) is 2. The van der Waals surface area contributed by atoms with Gasteiger partial charge in [-0.2, -0.15) is 5.26 Å². The molecule has 0 heterocycles. The molecule has 0 aliphatic rings. The molecule has 0 unspecified atom stereocenters. The van der Waals surface area contributed by atoms with Crippen molar-refractivity contribution in [2.75, 3.05) is 4.90 Å². The lowest BCUT2D eigenvalue weighted by Gasteiger charge is -2.16. The molecule has 0 atom stereocenters. The highest BCUT2D eigenvalue weighted by Crippen LogP contribution is 2.39. The van der Waals surface area contributed by atoms with Crippen molar-refractivity contribution in [3.05, 3.63) is 52.3 Å². The van der Waals surface area contributed by atoms with Gasteiger partial charge in [0.2, 0.25) is 0 Å². The summed E-state index contributed by atoms with van der Waals surface area (Å²) in [6, 6.07) is 9.04. The molecule has 0 fully saturated rings. The Morgan fingerprint density at radius 3 is 2.29 bits per heavy atom. The van der Waals surface area contributed by atoms with Gasteiger partial charge >= 0.3 is 0 Å². The van der Waals surface area contributed by atoms with Crippen LogP contribution in [0.3, 0.4) is 0 Å². The van der Waals surface area contributed by atoms with E-state index in [1.54, 1.807) is 18.2 Å². The quantitative estimate of drug-likeness (QED) is 0.502. The topological polar surface area (TPSA) is 53.0 Å². The van der Waals surface area contributed by atoms with Crippen LogP contribution in [0.2, 0.25) is 10.0 Å². The summed E-state index contributed by atoms with van der Waals surface area (Å²) in [6.07, 6.45) is 1.82. The molecule has 3 nitrogen and oxygen atoms in total. The normalized spacial score (nSPS) is 10.0. The van der Waals surface area contributed by atoms with Gasteiger partial charge in [-0.3, -0.25) is 0 Å². The molecule has 0 aliphatic heterocycles. The van der Waals surface area contributed by atoms with Crippen LogP contribution in [0.25, 0.3) is 11.1 Å². The van der Waals surface area contributed by atoms with E-state index in [4.69, 9.17) is 46.4 Å². The van der Waals surface area contributed by atoms with Crippen molar-refractivity contribution >= 4 is 46.2 Å². The van der Waals surface area contributed by atoms with Gasteiger partial charge in [0.1, 0.15) is 5.82 Å². The first kappa shape index (κ1) is 15.5. The lowest BCUT2D eigenvalue weighted by Crippen LogP contribution is -2.30. The highest BCUT2D eigenvalue weighted by molar-refractivity contribution is 7.80. The van der Waals surface area contributed by atoms with Gasteiger partial charge < -0.3 is 5.73 Å². The highest BCUT2D eigenvalue weighted by atomic mass is 35.5. The van der Waals surface area contributed by atoms with Crippen molar-refractivity contribution < 1.29 is 4.39 Å². The Labute approximate surface area is 136 Å². The van der Waals surface area contributed by atoms with E-state index in [9.17, 15) is 4.39 Å². The molecule has 2 aromatic rings. The van der Waals surface area contributed by atoms with Gasteiger partial charge in [-0.1, -0.05) is 41.4 Å². The van der Waals surface area contributed by atoms with Gasteiger partial charge in [0.25, 0.3) is 0 Å². The van der Waals surface area contributed by atoms with Crippen LogP contribution in [0.1, 0.15) is 0 Å². The van der Waals surface area contributed by atoms with E-state index in [0.29, 0.717) is 11.3 Å². The standard InChI is InChI=1S/C14H8Cl2FN3S/c15-10-5-8(20(7-18)14(19)21)6-11(16)13(10)9-3-1-2-4-12(9)17/h1-6H,(H2,19,21). The van der Waals surface area contributed by atoms with Crippen molar-refractivity contribution in [2.24, 2.45) is 5.73 Å². The lowest BCUT2D eigenvalue weighted by molar-refractivity contribution is 0.631. The second-order valence-corrected chi connectivity index (χ2v) is 5.27. The van der Waals surface area contributed by atoms with E-state index in [1.807, 2.05) is 6.19 Å². The summed E-state index contributed by atoms with van der Waals surface area (Å²) < 4.78 is 13.9. The molecule has 0 bridgehead atoms. The Bertz CT molecular complexity index is 735. The van der Waals surface area contributed by atoms with Crippen LogP contribution < -0.4 is 10.6 Å². The Balaban J connectivity index is 2.61. The van der Waals surface area contributed by atoms with Crippen LogP contribution in [-0.4, -0.2) is 5.11 Å². The van der Waals surface area contributed by atoms with Crippen molar-refractivity contribution in [1.29, 1.82) is 5.26 Å². The number of anilines is 1. The molecule has 0 radical (unpaired) electrons. The predicted octanol–water partition coefficient (Wildman–Crippen LogP) is 4.33. The largest absolute Gasteiger partial charge is 0.375 e. The molecule has 2 aromatic carbocycles. The van der Waals surface area contributed by atoms with Crippen LogP contribution in [0, 0.1) is 17.3 Å². The van der Waals surface area contributed by atoms with Gasteiger partial charge in [0.05, 0.1) is 15.7 Å². The van der Waals surface area contributed by atoms with Gasteiger partial charge in [0.15, 0.2) is 11.3 Å². The average Bonchev–Trinajstić information content (AvgIpc) is 2.40. The van der Waals surface area contributed by atoms with Crippen LogP contribution in [-0.2, 0) is 0 Å². The lowest BCUT2D eigenvalue weighted by atomic mass is 10.0. The van der Waals surface area contributed by atoms with Crippen molar-refractivity contribution in [3.8, 4) is 17.3 Å². The van der Waals surface area contributed by atoms with Crippen LogP contribution in [0.4, 0.5) is 10.1 Å². The van der Waals surface area contributed by atoms with Gasteiger partial charge in [-0.15, -0.1) is 0 Å². The Kier molecular flexibility index (Phi) is 4.63. The van der Waals surface area contributed by atoms with E-state index in [2.05, 4.69) is 0 Å². The molecule has 106 valence electrons. The van der Waals surface area contributed by atoms with Gasteiger partial charge in [0, 0.05) is 11.1 Å². The van der Waals surface area contributed by atoms with E-state index in [-0.39, 0.29) is 20.7 Å². The Morgan fingerprint density at radius 1 is 1.24 bits per heavy atom. The monoisotopic (exact) mass is 339 g/mol. The molecule has 2 N–H and O–H groups in total. The minimum absolute atomic E-state index is 0.136. The first-order valence-electron chi connectivity index (χ1n) is 5.69. The fourth-order valence-electron chi connectivity index (χ4n) is 1.84. The number of nitriles is 1. The van der Waals surface area contributed by atoms with E-state index >= 15 is 0 Å². The molecule has 0 saturated heterocycles. The summed E-state index contributed by atoms with van der Waals surface area (Å²) in [7, 11) is 0. The first-order valence-corrected chi connectivity index (χ1v) is 6.85. The third-order valence-electron chi connectivity index (χ3n) is 2.75. The summed E-state index contributed by atoms with van der Waals surface area (Å²) in [5.41, 5.74) is 6.38. The van der Waals surface area contributed by atoms with Crippen molar-refractivity contribution in [1.82, 2.24) is 0 Å². The SMILES string of the molecule is N#CN(C(N)=S)c1cc(Cl)c(-c2ccccc2F)c(Cl)c1. The molecule has 0 saturated carbocycles. The zero-order chi connectivity index (χ0) is 15.6. The number of nitrogens with two attached hydrogens (primary N) is 1. The molecule has 0 amide bonds. The van der Waals surface area contributed by atoms with Crippen LogP contribution in [0.5, 0.6) is 0 Å². The number of hydrogen-bond donors (Lipinski definition) is 1. The van der Waals surface area contributed by atoms with Crippen LogP contribution in [0.15, 0.2) is 36.4 Å². The summed E-state index contributed by atoms with van der Waals surface area (Å²) in [5.74, 6) is -0.444. The molecule has 21 heavy (non-hydrogen) atoms. The maximum atomic E-state index is 13.9. The van der Waals surface area contributed by atoms with Crippen LogP contribution >= 0.6 is 35.4 Å². The molecule has 2 rings (SSSR count). The fraction of sp³-hybridized carbons (Fsp3) is 0. The number of nitrogens with zero attached hydrogens (tertiary/aromatic N) is 2. The number of benzene rings is 2. The average molecular weight is 340 g/mol. The third kappa shape index (κ3) is 3.08. The predicted molar refractivity (Wildman–Crippen MR) is 86.7 cm³/mol. The second kappa shape index (κ2) is 6.27. The van der Waals surface area contributed by atoms with Gasteiger partial charge in [-0.05, 0) is 30.4 Å². The molecule has 0 aliphatic carbocycles. The van der Waals surface area contributed by atoms with E-state index in [1.165, 1.54) is 18.2 Å². The molecular formula is C14H8Cl2FN3S. The zero-order valence-electron chi connectivity index (χ0n) is 10.5. The zero-order valence-corrected chi connectivity index (χ0v) is 12.8. The first-order chi connectivity index (χ1) is 9.95. The maximum absolute atomic E-state index is 13.9. The maximum Gasteiger partial charge on any atom is 0.191 e. The molecule has 7 heteroatoms. The molecular weight excluding hydrogens is 332 g/mol. The summed E-state index contributed by atoms with van der Waals surface area (Å²) in [5, 5.41) is 9.28. The number of halogens is 3. The Hall–Kier alpha value is -1.87. The Morgan fingerprint density at radius 2 is 1.81 bits per heavy atom. The second-order valence-electron chi connectivity index (χ2n) is 4.04. The summed E-state index contributed by atoms with van der Waals surface area (Å²) in [6.45, 7) is 0. The summed E-state index contributed by atoms with van der Waals surface area (Å²) in [4.78, 5) is 0.998. The molecule has 0 aromatic heterocycles. The third-order valence-corrected chi connectivity index (χ3v) is 3.53.